The summed E-state index contributed by atoms with van der Waals surface area (Å²) in [4.78, 5) is 12.3. The third kappa shape index (κ3) is 5.79. The highest BCUT2D eigenvalue weighted by atomic mass is 16.5. The number of carbonyl (C=O) groups is 1. The summed E-state index contributed by atoms with van der Waals surface area (Å²) in [6.07, 6.45) is 13.3. The van der Waals surface area contributed by atoms with Crippen molar-refractivity contribution in [2.24, 2.45) is 0 Å². The molecule has 0 aliphatic heterocycles. The average Bonchev–Trinajstić information content (AvgIpc) is 2.82. The van der Waals surface area contributed by atoms with Crippen molar-refractivity contribution in [3.05, 3.63) is 48.3 Å². The molecule has 0 N–H and O–H groups in total. The summed E-state index contributed by atoms with van der Waals surface area (Å²) in [5.74, 6) is 0.841. The molecule has 0 aromatic rings. The molecule has 2 unspecified atom stereocenters. The van der Waals surface area contributed by atoms with E-state index in [0.29, 0.717) is 18.6 Å². The average molecular weight is 332 g/mol. The zero-order chi connectivity index (χ0) is 18.2. The molecule has 0 radical (unpaired) electrons. The van der Waals surface area contributed by atoms with Crippen molar-refractivity contribution in [3.63, 3.8) is 0 Å². The lowest BCUT2D eigenvalue weighted by Gasteiger charge is -2.33. The molecule has 0 bridgehead atoms. The van der Waals surface area contributed by atoms with Crippen LogP contribution < -0.4 is 0 Å². The zero-order valence-electron chi connectivity index (χ0n) is 15.9. The minimum absolute atomic E-state index is 0.0244. The molecule has 0 amide bonds. The fourth-order valence-corrected chi connectivity index (χ4v) is 2.48. The van der Waals surface area contributed by atoms with Crippen LogP contribution in [0.2, 0.25) is 0 Å². The molecule has 1 aliphatic rings. The second-order valence-electron chi connectivity index (χ2n) is 6.83. The summed E-state index contributed by atoms with van der Waals surface area (Å²) in [6, 6.07) is 0. The second kappa shape index (κ2) is 9.03. The topological polar surface area (TPSA) is 35.5 Å². The number of carbonyl (C=O) groups excluding carboxylic acids is 1. The van der Waals surface area contributed by atoms with Gasteiger partial charge in [-0.05, 0) is 57.8 Å². The molecule has 2 atom stereocenters. The van der Waals surface area contributed by atoms with Crippen molar-refractivity contribution in [1.82, 2.24) is 0 Å². The first-order chi connectivity index (χ1) is 11.3. The maximum absolute atomic E-state index is 12.3. The third-order valence-electron chi connectivity index (χ3n) is 4.66. The molecule has 24 heavy (non-hydrogen) atoms. The molecule has 0 fully saturated rings. The van der Waals surface area contributed by atoms with E-state index in [4.69, 9.17) is 9.47 Å². The Morgan fingerprint density at radius 1 is 1.25 bits per heavy atom. The van der Waals surface area contributed by atoms with Gasteiger partial charge >= 0.3 is 0 Å². The molecule has 0 saturated carbocycles. The first-order valence-electron chi connectivity index (χ1n) is 8.83. The molecule has 0 saturated heterocycles. The minimum Gasteiger partial charge on any atom is -0.488 e. The highest BCUT2D eigenvalue weighted by Crippen LogP contribution is 2.27. The normalized spacial score (nSPS) is 19.0. The molecule has 0 spiro atoms. The third-order valence-corrected chi connectivity index (χ3v) is 4.66. The Morgan fingerprint density at radius 2 is 1.96 bits per heavy atom. The van der Waals surface area contributed by atoms with Crippen LogP contribution in [0.15, 0.2) is 48.3 Å². The number of rotatable bonds is 10. The van der Waals surface area contributed by atoms with Gasteiger partial charge in [0.05, 0.1) is 6.61 Å². The van der Waals surface area contributed by atoms with Crippen molar-refractivity contribution in [1.29, 1.82) is 0 Å². The van der Waals surface area contributed by atoms with Crippen molar-refractivity contribution in [3.8, 4) is 0 Å². The number of hydrogen-bond donors (Lipinski definition) is 0. The standard InChI is InChI=1S/C21H32O3/c1-7-20(5,24-18-13-11-9-10-12-14-18)15-16-23-21(6,8-2)19(22)17(3)4/h9,11-14H,3,7-8,10,15-16H2,1-2,4-6H3. The van der Waals surface area contributed by atoms with Crippen LogP contribution in [0.5, 0.6) is 0 Å². The van der Waals surface area contributed by atoms with Gasteiger partial charge in [0.25, 0.3) is 0 Å². The molecule has 0 heterocycles. The summed E-state index contributed by atoms with van der Waals surface area (Å²) in [6.45, 7) is 14.0. The molecular formula is C21H32O3. The number of Topliss-reactive ketones (excluding diaryl/α,β-unsaturated/α-hetero) is 1. The van der Waals surface area contributed by atoms with Crippen LogP contribution in [0, 0.1) is 0 Å². The SMILES string of the molecule is C=C(C)C(=O)C(C)(CC)OCCC(C)(CC)OC1=CC=CCC=C1. The number of allylic oxidation sites excluding steroid dienone is 5. The lowest BCUT2D eigenvalue weighted by atomic mass is 9.92. The lowest BCUT2D eigenvalue weighted by Crippen LogP contribution is -2.40. The van der Waals surface area contributed by atoms with Gasteiger partial charge in [-0.2, -0.15) is 0 Å². The summed E-state index contributed by atoms with van der Waals surface area (Å²) in [7, 11) is 0. The Balaban J connectivity index is 2.67. The zero-order valence-corrected chi connectivity index (χ0v) is 15.9. The Hall–Kier alpha value is -1.61. The van der Waals surface area contributed by atoms with E-state index < -0.39 is 5.60 Å². The molecular weight excluding hydrogens is 300 g/mol. The molecule has 1 rings (SSSR count). The van der Waals surface area contributed by atoms with Crippen LogP contribution in [-0.2, 0) is 14.3 Å². The van der Waals surface area contributed by atoms with Crippen LogP contribution in [0.25, 0.3) is 0 Å². The van der Waals surface area contributed by atoms with Gasteiger partial charge in [0.1, 0.15) is 17.0 Å². The van der Waals surface area contributed by atoms with Crippen molar-refractivity contribution < 1.29 is 14.3 Å². The van der Waals surface area contributed by atoms with Gasteiger partial charge in [-0.25, -0.2) is 0 Å². The highest BCUT2D eigenvalue weighted by molar-refractivity contribution is 6.00. The van der Waals surface area contributed by atoms with Gasteiger partial charge in [-0.3, -0.25) is 4.79 Å². The van der Waals surface area contributed by atoms with E-state index in [0.717, 1.165) is 25.0 Å². The Bertz CT molecular complexity index is 541. The monoisotopic (exact) mass is 332 g/mol. The van der Waals surface area contributed by atoms with Gasteiger partial charge in [0.15, 0.2) is 5.78 Å². The molecule has 0 aromatic heterocycles. The largest absolute Gasteiger partial charge is 0.488 e. The van der Waals surface area contributed by atoms with E-state index in [-0.39, 0.29) is 11.4 Å². The van der Waals surface area contributed by atoms with E-state index in [1.807, 2.05) is 32.1 Å². The summed E-state index contributed by atoms with van der Waals surface area (Å²) in [5, 5.41) is 0. The predicted octanol–water partition coefficient (Wildman–Crippen LogP) is 5.29. The van der Waals surface area contributed by atoms with E-state index in [2.05, 4.69) is 32.6 Å². The lowest BCUT2D eigenvalue weighted by molar-refractivity contribution is -0.141. The fraction of sp³-hybridized carbons (Fsp3) is 0.571. The Labute approximate surface area is 147 Å². The maximum Gasteiger partial charge on any atom is 0.189 e. The summed E-state index contributed by atoms with van der Waals surface area (Å²) < 4.78 is 12.2. The van der Waals surface area contributed by atoms with E-state index in [9.17, 15) is 4.79 Å². The summed E-state index contributed by atoms with van der Waals surface area (Å²) in [5.41, 5.74) is -0.589. The second-order valence-corrected chi connectivity index (χ2v) is 6.83. The van der Waals surface area contributed by atoms with Gasteiger partial charge < -0.3 is 9.47 Å². The van der Waals surface area contributed by atoms with Gasteiger partial charge in [-0.15, -0.1) is 0 Å². The van der Waals surface area contributed by atoms with Crippen LogP contribution in [-0.4, -0.2) is 23.6 Å². The van der Waals surface area contributed by atoms with Gasteiger partial charge in [-0.1, -0.05) is 38.7 Å². The number of ketones is 1. The van der Waals surface area contributed by atoms with Crippen LogP contribution in [0.4, 0.5) is 0 Å². The highest BCUT2D eigenvalue weighted by Gasteiger charge is 2.33. The quantitative estimate of drug-likeness (QED) is 0.510. The molecule has 0 aromatic carbocycles. The minimum atomic E-state index is -0.801. The van der Waals surface area contributed by atoms with Crippen molar-refractivity contribution in [2.75, 3.05) is 6.61 Å². The summed E-state index contributed by atoms with van der Waals surface area (Å²) >= 11 is 0. The van der Waals surface area contributed by atoms with Gasteiger partial charge in [0, 0.05) is 6.42 Å². The molecule has 3 heteroatoms. The Kier molecular flexibility index (Phi) is 7.68. The van der Waals surface area contributed by atoms with Crippen molar-refractivity contribution in [2.45, 2.75) is 71.5 Å². The van der Waals surface area contributed by atoms with Crippen LogP contribution in [0.1, 0.15) is 60.3 Å². The van der Waals surface area contributed by atoms with Gasteiger partial charge in [0.2, 0.25) is 0 Å². The predicted molar refractivity (Wildman–Crippen MR) is 99.8 cm³/mol. The molecule has 3 nitrogen and oxygen atoms in total. The van der Waals surface area contributed by atoms with Crippen LogP contribution >= 0.6 is 0 Å². The van der Waals surface area contributed by atoms with Crippen molar-refractivity contribution >= 4 is 5.78 Å². The number of hydrogen-bond acceptors (Lipinski definition) is 3. The van der Waals surface area contributed by atoms with Crippen LogP contribution in [0.3, 0.4) is 0 Å². The first kappa shape index (κ1) is 20.4. The smallest absolute Gasteiger partial charge is 0.189 e. The molecule has 1 aliphatic carbocycles. The fourth-order valence-electron chi connectivity index (χ4n) is 2.48. The molecule has 134 valence electrons. The van der Waals surface area contributed by atoms with E-state index in [1.165, 1.54) is 0 Å². The Morgan fingerprint density at radius 3 is 2.54 bits per heavy atom. The van der Waals surface area contributed by atoms with E-state index in [1.54, 1.807) is 6.92 Å². The van der Waals surface area contributed by atoms with E-state index >= 15 is 0 Å². The maximum atomic E-state index is 12.3. The first-order valence-corrected chi connectivity index (χ1v) is 8.83. The number of ether oxygens (including phenoxy) is 2.